The van der Waals surface area contributed by atoms with Crippen molar-refractivity contribution in [3.8, 4) is 11.3 Å². The Balaban J connectivity index is 1.61. The molecule has 126 valence electrons. The average Bonchev–Trinajstić information content (AvgIpc) is 3.05. The summed E-state index contributed by atoms with van der Waals surface area (Å²) in [6, 6.07) is 16.1. The Hall–Kier alpha value is -2.11. The van der Waals surface area contributed by atoms with Crippen LogP contribution in [0.25, 0.3) is 11.3 Å². The Labute approximate surface area is 155 Å². The summed E-state index contributed by atoms with van der Waals surface area (Å²) >= 11 is 3.27. The number of benzene rings is 2. The summed E-state index contributed by atoms with van der Waals surface area (Å²) in [5.74, 6) is 0.850. The minimum Gasteiger partial charge on any atom is -0.298 e. The number of fused-ring (bicyclic) bond motifs is 3. The maximum Gasteiger partial charge on any atom is 0.258 e. The molecule has 0 saturated heterocycles. The van der Waals surface area contributed by atoms with Gasteiger partial charge in [0.1, 0.15) is 0 Å². The molecule has 5 heteroatoms. The van der Waals surface area contributed by atoms with E-state index in [0.717, 1.165) is 29.2 Å². The number of carbonyl (C=O) groups is 1. The van der Waals surface area contributed by atoms with E-state index in [0.29, 0.717) is 10.7 Å². The fourth-order valence-corrected chi connectivity index (χ4v) is 4.88. The van der Waals surface area contributed by atoms with Gasteiger partial charge in [-0.05, 0) is 36.3 Å². The van der Waals surface area contributed by atoms with Crippen molar-refractivity contribution in [2.75, 3.05) is 11.1 Å². The number of hydrogen-bond donors (Lipinski definition) is 1. The molecule has 1 N–H and O–H groups in total. The molecule has 0 fully saturated rings. The molecule has 0 unspecified atom stereocenters. The molecule has 0 radical (unpaired) electrons. The summed E-state index contributed by atoms with van der Waals surface area (Å²) < 4.78 is 0. The molecule has 25 heavy (non-hydrogen) atoms. The van der Waals surface area contributed by atoms with Gasteiger partial charge >= 0.3 is 0 Å². The van der Waals surface area contributed by atoms with Gasteiger partial charge < -0.3 is 0 Å². The lowest BCUT2D eigenvalue weighted by Crippen LogP contribution is -2.12. The summed E-state index contributed by atoms with van der Waals surface area (Å²) in [6.07, 6.45) is 2.02. The molecular weight excluding hydrogens is 348 g/mol. The molecule has 1 aliphatic rings. The van der Waals surface area contributed by atoms with Crippen LogP contribution in [-0.4, -0.2) is 16.6 Å². The summed E-state index contributed by atoms with van der Waals surface area (Å²) in [7, 11) is 0. The van der Waals surface area contributed by atoms with E-state index in [4.69, 9.17) is 4.98 Å². The Morgan fingerprint density at radius 3 is 2.84 bits per heavy atom. The van der Waals surface area contributed by atoms with Crippen LogP contribution in [0.2, 0.25) is 0 Å². The standard InChI is InChI=1S/C20H18N2OS2/c1-2-24-16-10-6-5-9-15(16)19(23)22-20-21-18-14-8-4-3-7-13(14)11-12-17(18)25-20/h3-10H,2,11-12H2,1H3,(H,21,22,23). The van der Waals surface area contributed by atoms with Crippen LogP contribution in [0, 0.1) is 0 Å². The predicted octanol–water partition coefficient (Wildman–Crippen LogP) is 5.27. The highest BCUT2D eigenvalue weighted by Gasteiger charge is 2.21. The van der Waals surface area contributed by atoms with E-state index in [1.165, 1.54) is 16.0 Å². The molecule has 1 aromatic heterocycles. The topological polar surface area (TPSA) is 42.0 Å². The second-order valence-corrected chi connectivity index (χ2v) is 8.22. The number of thioether (sulfide) groups is 1. The number of nitrogens with one attached hydrogen (secondary N) is 1. The number of thiazole rings is 1. The summed E-state index contributed by atoms with van der Waals surface area (Å²) in [5, 5.41) is 3.68. The third-order valence-corrected chi connectivity index (χ3v) is 6.23. The first kappa shape index (κ1) is 16.4. The summed E-state index contributed by atoms with van der Waals surface area (Å²) in [6.45, 7) is 2.09. The number of rotatable bonds is 4. The normalized spacial score (nSPS) is 12.4. The quantitative estimate of drug-likeness (QED) is 0.639. The van der Waals surface area contributed by atoms with E-state index < -0.39 is 0 Å². The second-order valence-electron chi connectivity index (χ2n) is 5.83. The van der Waals surface area contributed by atoms with E-state index in [-0.39, 0.29) is 5.91 Å². The second kappa shape index (κ2) is 7.02. The molecule has 3 nitrogen and oxygen atoms in total. The van der Waals surface area contributed by atoms with Crippen LogP contribution >= 0.6 is 23.1 Å². The number of carbonyl (C=O) groups excluding carboxylic acids is 1. The van der Waals surface area contributed by atoms with Gasteiger partial charge in [0, 0.05) is 15.3 Å². The highest BCUT2D eigenvalue weighted by atomic mass is 32.2. The van der Waals surface area contributed by atoms with Crippen LogP contribution in [0.4, 0.5) is 5.13 Å². The molecule has 0 bridgehead atoms. The molecule has 0 saturated carbocycles. The first-order chi connectivity index (χ1) is 12.3. The predicted molar refractivity (Wildman–Crippen MR) is 106 cm³/mol. The van der Waals surface area contributed by atoms with Crippen molar-refractivity contribution in [3.05, 3.63) is 64.5 Å². The highest BCUT2D eigenvalue weighted by molar-refractivity contribution is 7.99. The smallest absolute Gasteiger partial charge is 0.258 e. The van der Waals surface area contributed by atoms with Gasteiger partial charge in [-0.3, -0.25) is 10.1 Å². The van der Waals surface area contributed by atoms with Crippen molar-refractivity contribution in [1.82, 2.24) is 4.98 Å². The minimum absolute atomic E-state index is 0.0871. The fourth-order valence-electron chi connectivity index (χ4n) is 3.10. The Bertz CT molecular complexity index is 933. The molecule has 2 aromatic carbocycles. The third-order valence-electron chi connectivity index (χ3n) is 4.24. The lowest BCUT2D eigenvalue weighted by atomic mass is 9.94. The summed E-state index contributed by atoms with van der Waals surface area (Å²) in [4.78, 5) is 19.7. The zero-order valence-electron chi connectivity index (χ0n) is 13.9. The van der Waals surface area contributed by atoms with Gasteiger partial charge in [0.25, 0.3) is 5.91 Å². The van der Waals surface area contributed by atoms with Gasteiger partial charge in [-0.2, -0.15) is 0 Å². The van der Waals surface area contributed by atoms with Gasteiger partial charge in [-0.1, -0.05) is 43.3 Å². The molecule has 0 atom stereocenters. The Morgan fingerprint density at radius 2 is 1.96 bits per heavy atom. The molecule has 3 aromatic rings. The van der Waals surface area contributed by atoms with Crippen LogP contribution < -0.4 is 5.32 Å². The van der Waals surface area contributed by atoms with Crippen LogP contribution in [0.3, 0.4) is 0 Å². The van der Waals surface area contributed by atoms with Gasteiger partial charge in [0.05, 0.1) is 11.3 Å². The lowest BCUT2D eigenvalue weighted by Gasteiger charge is -2.13. The minimum atomic E-state index is -0.0871. The number of anilines is 1. The highest BCUT2D eigenvalue weighted by Crippen LogP contribution is 2.38. The first-order valence-corrected chi connectivity index (χ1v) is 10.2. The number of nitrogens with zero attached hydrogens (tertiary/aromatic N) is 1. The summed E-state index contributed by atoms with van der Waals surface area (Å²) in [5.41, 5.74) is 4.27. The number of aromatic nitrogens is 1. The number of aryl methyl sites for hydroxylation is 2. The van der Waals surface area contributed by atoms with Crippen molar-refractivity contribution >= 4 is 34.1 Å². The van der Waals surface area contributed by atoms with Gasteiger partial charge in [0.15, 0.2) is 5.13 Å². The molecule has 4 rings (SSSR count). The number of amides is 1. The van der Waals surface area contributed by atoms with Crippen molar-refractivity contribution in [1.29, 1.82) is 0 Å². The molecule has 0 aliphatic heterocycles. The Kier molecular flexibility index (Phi) is 4.59. The van der Waals surface area contributed by atoms with Crippen molar-refractivity contribution < 1.29 is 4.79 Å². The van der Waals surface area contributed by atoms with Crippen LogP contribution in [0.1, 0.15) is 27.7 Å². The zero-order chi connectivity index (χ0) is 17.2. The van der Waals surface area contributed by atoms with Gasteiger partial charge in [-0.15, -0.1) is 23.1 Å². The van der Waals surface area contributed by atoms with Crippen LogP contribution in [-0.2, 0) is 12.8 Å². The zero-order valence-corrected chi connectivity index (χ0v) is 15.5. The van der Waals surface area contributed by atoms with Crippen molar-refractivity contribution in [3.63, 3.8) is 0 Å². The molecule has 1 aliphatic carbocycles. The van der Waals surface area contributed by atoms with E-state index in [1.807, 2.05) is 30.3 Å². The fraction of sp³-hybridized carbons (Fsp3) is 0.200. The monoisotopic (exact) mass is 366 g/mol. The van der Waals surface area contributed by atoms with E-state index >= 15 is 0 Å². The first-order valence-electron chi connectivity index (χ1n) is 8.37. The third kappa shape index (κ3) is 3.22. The molecular formula is C20H18N2OS2. The van der Waals surface area contributed by atoms with E-state index in [9.17, 15) is 4.79 Å². The van der Waals surface area contributed by atoms with Gasteiger partial charge in [-0.25, -0.2) is 4.98 Å². The van der Waals surface area contributed by atoms with Crippen molar-refractivity contribution in [2.45, 2.75) is 24.7 Å². The maximum atomic E-state index is 12.7. The maximum absolute atomic E-state index is 12.7. The molecule has 1 heterocycles. The largest absolute Gasteiger partial charge is 0.298 e. The Morgan fingerprint density at radius 1 is 1.16 bits per heavy atom. The molecule has 1 amide bonds. The lowest BCUT2D eigenvalue weighted by molar-refractivity contribution is 0.102. The number of hydrogen-bond acceptors (Lipinski definition) is 4. The van der Waals surface area contributed by atoms with Gasteiger partial charge in [0.2, 0.25) is 0 Å². The van der Waals surface area contributed by atoms with Crippen molar-refractivity contribution in [2.24, 2.45) is 0 Å². The SMILES string of the molecule is CCSc1ccccc1C(=O)Nc1nc2c(s1)CCc1ccccc1-2. The average molecular weight is 367 g/mol. The van der Waals surface area contributed by atoms with Crippen LogP contribution in [0.5, 0.6) is 0 Å². The van der Waals surface area contributed by atoms with Crippen LogP contribution in [0.15, 0.2) is 53.4 Å². The molecule has 0 spiro atoms. The van der Waals surface area contributed by atoms with E-state index in [2.05, 4.69) is 30.4 Å². The van der Waals surface area contributed by atoms with E-state index in [1.54, 1.807) is 23.1 Å².